The van der Waals surface area contributed by atoms with Crippen LogP contribution in [-0.4, -0.2) is 47.0 Å². The van der Waals surface area contributed by atoms with Gasteiger partial charge in [-0.25, -0.2) is 4.98 Å². The maximum Gasteiger partial charge on any atom is 0.323 e. The Balaban J connectivity index is 1.76. The molecule has 128 valence electrons. The average Bonchev–Trinajstić information content (AvgIpc) is 2.89. The van der Waals surface area contributed by atoms with E-state index in [4.69, 9.17) is 20.9 Å². The quantitative estimate of drug-likeness (QED) is 0.360. The Bertz CT molecular complexity index is 573. The summed E-state index contributed by atoms with van der Waals surface area (Å²) < 4.78 is 12.0. The molecule has 23 heavy (non-hydrogen) atoms. The lowest BCUT2D eigenvalue weighted by Crippen LogP contribution is -2.51. The van der Waals surface area contributed by atoms with Gasteiger partial charge in [0.05, 0.1) is 12.9 Å². The van der Waals surface area contributed by atoms with Crippen molar-refractivity contribution in [2.45, 2.75) is 32.9 Å². The number of anilines is 1. The Kier molecular flexibility index (Phi) is 5.53. The molecule has 1 amide bonds. The largest absolute Gasteiger partial charge is 0.462 e. The molecule has 6 N–H and O–H groups in total. The molecule has 0 bridgehead atoms. The van der Waals surface area contributed by atoms with Gasteiger partial charge in [-0.15, -0.1) is 0 Å². The second-order valence-electron chi connectivity index (χ2n) is 5.48. The van der Waals surface area contributed by atoms with E-state index >= 15 is 0 Å². The zero-order valence-corrected chi connectivity index (χ0v) is 13.1. The molecule has 0 radical (unpaired) electrons. The van der Waals surface area contributed by atoms with Crippen molar-refractivity contribution < 1.29 is 19.1 Å². The zero-order valence-electron chi connectivity index (χ0n) is 13.1. The lowest BCUT2D eigenvalue weighted by molar-refractivity contribution is -0.148. The van der Waals surface area contributed by atoms with E-state index in [-0.39, 0.29) is 37.5 Å². The molecule has 0 fully saturated rings. The van der Waals surface area contributed by atoms with Gasteiger partial charge in [0, 0.05) is 0 Å². The van der Waals surface area contributed by atoms with Gasteiger partial charge in [-0.3, -0.25) is 19.9 Å². The summed E-state index contributed by atoms with van der Waals surface area (Å²) in [5, 5.41) is 5.39. The molecule has 1 aromatic rings. The molecular weight excluding hydrogens is 304 g/mol. The molecule has 0 spiro atoms. The van der Waals surface area contributed by atoms with Crippen molar-refractivity contribution in [1.29, 1.82) is 0 Å². The summed E-state index contributed by atoms with van der Waals surface area (Å²) in [7, 11) is 0. The smallest absolute Gasteiger partial charge is 0.323 e. The Morgan fingerprint density at radius 2 is 2.17 bits per heavy atom. The standard InChI is InChI=1S/C13H22N6O4/c1-7(2)8(14)12(21)23-4-3-22-6-19-5-16-9-10(19)17-13(15)18-11(9)20/h5,7-8,13,17H,3-4,6,14-15H2,1-2H3,(H,18,20)/t8-,13?/m0/s1. The molecule has 2 rings (SSSR count). The molecule has 10 heteroatoms. The van der Waals surface area contributed by atoms with Crippen molar-refractivity contribution in [3.05, 3.63) is 12.0 Å². The van der Waals surface area contributed by atoms with Gasteiger partial charge in [0.25, 0.3) is 5.91 Å². The molecule has 10 nitrogen and oxygen atoms in total. The first-order valence-electron chi connectivity index (χ1n) is 7.28. The Labute approximate surface area is 133 Å². The van der Waals surface area contributed by atoms with Gasteiger partial charge in [0.1, 0.15) is 25.2 Å². The van der Waals surface area contributed by atoms with Crippen LogP contribution in [-0.2, 0) is 21.0 Å². The van der Waals surface area contributed by atoms with Gasteiger partial charge in [-0.2, -0.15) is 0 Å². The summed E-state index contributed by atoms with van der Waals surface area (Å²) in [5.41, 5.74) is 11.6. The van der Waals surface area contributed by atoms with E-state index in [1.54, 1.807) is 4.57 Å². The maximum absolute atomic E-state index is 11.7. The number of hydrogen-bond acceptors (Lipinski definition) is 8. The predicted molar refractivity (Wildman–Crippen MR) is 81.0 cm³/mol. The number of hydrogen-bond donors (Lipinski definition) is 4. The van der Waals surface area contributed by atoms with Crippen LogP contribution in [0.2, 0.25) is 0 Å². The van der Waals surface area contributed by atoms with Crippen LogP contribution in [0.5, 0.6) is 0 Å². The molecule has 0 saturated heterocycles. The van der Waals surface area contributed by atoms with Crippen LogP contribution in [0.1, 0.15) is 24.3 Å². The first kappa shape index (κ1) is 17.2. The van der Waals surface area contributed by atoms with Crippen molar-refractivity contribution >= 4 is 17.7 Å². The number of fused-ring (bicyclic) bond motifs is 1. The van der Waals surface area contributed by atoms with Crippen LogP contribution >= 0.6 is 0 Å². The Morgan fingerprint density at radius 1 is 1.43 bits per heavy atom. The maximum atomic E-state index is 11.7. The minimum absolute atomic E-state index is 0.0160. The summed E-state index contributed by atoms with van der Waals surface area (Å²) in [6.45, 7) is 4.13. The second-order valence-corrected chi connectivity index (χ2v) is 5.48. The van der Waals surface area contributed by atoms with Crippen LogP contribution < -0.4 is 22.1 Å². The number of ether oxygens (including phenoxy) is 2. The van der Waals surface area contributed by atoms with E-state index in [2.05, 4.69) is 15.6 Å². The summed E-state index contributed by atoms with van der Waals surface area (Å²) in [6.07, 6.45) is 0.791. The fourth-order valence-electron chi connectivity index (χ4n) is 1.92. The van der Waals surface area contributed by atoms with Crippen molar-refractivity contribution in [3.8, 4) is 0 Å². The molecule has 1 unspecified atom stereocenters. The first-order valence-corrected chi connectivity index (χ1v) is 7.28. The van der Waals surface area contributed by atoms with Crippen LogP contribution in [0.15, 0.2) is 6.33 Å². The van der Waals surface area contributed by atoms with Crippen molar-refractivity contribution in [1.82, 2.24) is 14.9 Å². The van der Waals surface area contributed by atoms with Crippen LogP contribution in [0.4, 0.5) is 5.82 Å². The molecule has 0 aromatic carbocycles. The third-order valence-corrected chi connectivity index (χ3v) is 3.32. The van der Waals surface area contributed by atoms with Gasteiger partial charge in [-0.1, -0.05) is 13.8 Å². The predicted octanol–water partition coefficient (Wildman–Crippen LogP) is -1.22. The third-order valence-electron chi connectivity index (χ3n) is 3.32. The molecule has 2 heterocycles. The summed E-state index contributed by atoms with van der Waals surface area (Å²) in [4.78, 5) is 27.2. The highest BCUT2D eigenvalue weighted by molar-refractivity contribution is 5.98. The fraction of sp³-hybridized carbons (Fsp3) is 0.615. The molecular formula is C13H22N6O4. The fourth-order valence-corrected chi connectivity index (χ4v) is 1.92. The van der Waals surface area contributed by atoms with E-state index in [0.717, 1.165) is 0 Å². The minimum Gasteiger partial charge on any atom is -0.462 e. The van der Waals surface area contributed by atoms with Gasteiger partial charge in [0.2, 0.25) is 0 Å². The van der Waals surface area contributed by atoms with E-state index in [1.807, 2.05) is 13.8 Å². The molecule has 1 aromatic heterocycles. The van der Waals surface area contributed by atoms with Crippen LogP contribution in [0, 0.1) is 5.92 Å². The first-order chi connectivity index (χ1) is 10.9. The number of esters is 1. The van der Waals surface area contributed by atoms with Crippen molar-refractivity contribution in [2.24, 2.45) is 17.4 Å². The molecule has 1 aliphatic heterocycles. The second kappa shape index (κ2) is 7.40. The Hall–Kier alpha value is -2.17. The summed E-state index contributed by atoms with van der Waals surface area (Å²) in [6, 6.07) is -0.639. The van der Waals surface area contributed by atoms with E-state index in [0.29, 0.717) is 5.82 Å². The highest BCUT2D eigenvalue weighted by Crippen LogP contribution is 2.17. The number of imidazole rings is 1. The molecule has 0 saturated carbocycles. The number of rotatable bonds is 7. The third kappa shape index (κ3) is 4.18. The van der Waals surface area contributed by atoms with E-state index < -0.39 is 18.3 Å². The monoisotopic (exact) mass is 326 g/mol. The number of nitrogens with two attached hydrogens (primary N) is 2. The Morgan fingerprint density at radius 3 is 2.87 bits per heavy atom. The molecule has 0 aliphatic carbocycles. The van der Waals surface area contributed by atoms with E-state index in [9.17, 15) is 9.59 Å². The number of nitrogens with one attached hydrogen (secondary N) is 2. The van der Waals surface area contributed by atoms with Gasteiger partial charge in [0.15, 0.2) is 12.0 Å². The lowest BCUT2D eigenvalue weighted by atomic mass is 10.1. The molecule has 1 aliphatic rings. The number of nitrogens with zero attached hydrogens (tertiary/aromatic N) is 2. The van der Waals surface area contributed by atoms with Crippen molar-refractivity contribution in [2.75, 3.05) is 18.5 Å². The normalized spacial score (nSPS) is 18.1. The van der Waals surface area contributed by atoms with E-state index in [1.165, 1.54) is 6.33 Å². The lowest BCUT2D eigenvalue weighted by Gasteiger charge is -2.23. The topological polar surface area (TPSA) is 147 Å². The summed E-state index contributed by atoms with van der Waals surface area (Å²) >= 11 is 0. The zero-order chi connectivity index (χ0) is 17.0. The van der Waals surface area contributed by atoms with Gasteiger partial charge < -0.3 is 25.8 Å². The van der Waals surface area contributed by atoms with Crippen LogP contribution in [0.25, 0.3) is 0 Å². The number of carbonyl (C=O) groups excluding carboxylic acids is 2. The van der Waals surface area contributed by atoms with Crippen LogP contribution in [0.3, 0.4) is 0 Å². The number of aromatic nitrogens is 2. The number of amides is 1. The highest BCUT2D eigenvalue weighted by atomic mass is 16.6. The van der Waals surface area contributed by atoms with Gasteiger partial charge >= 0.3 is 5.97 Å². The van der Waals surface area contributed by atoms with Gasteiger partial charge in [-0.05, 0) is 5.92 Å². The number of carbonyl (C=O) groups is 2. The highest BCUT2D eigenvalue weighted by Gasteiger charge is 2.25. The average molecular weight is 326 g/mol. The van der Waals surface area contributed by atoms with Crippen molar-refractivity contribution in [3.63, 3.8) is 0 Å². The summed E-state index contributed by atoms with van der Waals surface area (Å²) in [5.74, 6) is -0.295. The minimum atomic E-state index is -0.677. The SMILES string of the molecule is CC(C)[C@H](N)C(=O)OCCOCn1cnc2c1NC(N)NC2=O. The molecule has 2 atom stereocenters.